The molecule has 1 aromatic carbocycles. The van der Waals surface area contributed by atoms with E-state index in [0.29, 0.717) is 23.9 Å². The number of carboxylic acids is 1. The van der Waals surface area contributed by atoms with Crippen LogP contribution in [-0.2, 0) is 11.3 Å². The van der Waals surface area contributed by atoms with Crippen LogP contribution in [-0.4, -0.2) is 44.2 Å². The van der Waals surface area contributed by atoms with E-state index in [-0.39, 0.29) is 11.6 Å². The number of nitrogens with zero attached hydrogens (tertiary/aromatic N) is 4. The summed E-state index contributed by atoms with van der Waals surface area (Å²) >= 11 is 1.39. The van der Waals surface area contributed by atoms with E-state index in [1.165, 1.54) is 23.5 Å². The summed E-state index contributed by atoms with van der Waals surface area (Å²) in [6, 6.07) is 6.07. The van der Waals surface area contributed by atoms with Crippen molar-refractivity contribution in [1.82, 2.24) is 15.1 Å². The van der Waals surface area contributed by atoms with Crippen molar-refractivity contribution in [3.05, 3.63) is 39.4 Å². The number of carboxylic acid groups (broad SMARTS) is 1. The highest BCUT2D eigenvalue weighted by Crippen LogP contribution is 2.25. The summed E-state index contributed by atoms with van der Waals surface area (Å²) in [4.78, 5) is 23.4. The first-order chi connectivity index (χ1) is 12.0. The van der Waals surface area contributed by atoms with E-state index in [0.717, 1.165) is 24.4 Å². The Hall–Kier alpha value is -2.59. The average molecular weight is 363 g/mol. The Bertz CT molecular complexity index is 764. The number of nitro groups is 1. The van der Waals surface area contributed by atoms with Crippen LogP contribution in [0, 0.1) is 16.0 Å². The molecule has 1 aromatic heterocycles. The molecule has 9 nitrogen and oxygen atoms in total. The van der Waals surface area contributed by atoms with Gasteiger partial charge in [0, 0.05) is 24.4 Å². The first-order valence-corrected chi connectivity index (χ1v) is 8.62. The zero-order valence-electron chi connectivity index (χ0n) is 13.3. The van der Waals surface area contributed by atoms with Gasteiger partial charge in [-0.1, -0.05) is 11.3 Å². The number of carbonyl (C=O) groups is 1. The lowest BCUT2D eigenvalue weighted by molar-refractivity contribution is -0.384. The fraction of sp³-hybridized carbons (Fsp3) is 0.400. The summed E-state index contributed by atoms with van der Waals surface area (Å²) in [6.45, 7) is 1.96. The Morgan fingerprint density at radius 1 is 1.40 bits per heavy atom. The van der Waals surface area contributed by atoms with Crippen LogP contribution in [0.25, 0.3) is 0 Å². The number of hydrogen-bond donors (Lipinski definition) is 2. The van der Waals surface area contributed by atoms with Crippen LogP contribution < -0.4 is 5.32 Å². The molecule has 1 unspecified atom stereocenters. The van der Waals surface area contributed by atoms with Gasteiger partial charge in [0.1, 0.15) is 5.01 Å². The number of likely N-dealkylation sites (tertiary alicyclic amines) is 1. The first-order valence-electron chi connectivity index (χ1n) is 7.80. The molecule has 2 heterocycles. The van der Waals surface area contributed by atoms with E-state index in [1.807, 2.05) is 0 Å². The van der Waals surface area contributed by atoms with Gasteiger partial charge in [0.2, 0.25) is 5.13 Å². The van der Waals surface area contributed by atoms with Gasteiger partial charge in [0.25, 0.3) is 5.69 Å². The van der Waals surface area contributed by atoms with Crippen LogP contribution in [0.15, 0.2) is 24.3 Å². The molecule has 0 radical (unpaired) electrons. The van der Waals surface area contributed by atoms with Crippen molar-refractivity contribution >= 4 is 33.8 Å². The molecule has 10 heteroatoms. The Labute approximate surface area is 147 Å². The standard InChI is InChI=1S/C15H17N5O4S/c21-14(22)10-2-1-7-19(8-10)9-13-17-18-15(25-13)16-11-3-5-12(6-4-11)20(23)24/h3-6,10H,1-2,7-9H2,(H,16,18)(H,21,22). The average Bonchev–Trinajstić information content (AvgIpc) is 3.02. The topological polar surface area (TPSA) is 121 Å². The number of anilines is 2. The zero-order valence-corrected chi connectivity index (χ0v) is 14.1. The summed E-state index contributed by atoms with van der Waals surface area (Å²) in [6.07, 6.45) is 1.58. The second kappa shape index (κ2) is 7.53. The van der Waals surface area contributed by atoms with Gasteiger partial charge in [-0.3, -0.25) is 19.8 Å². The summed E-state index contributed by atoms with van der Waals surface area (Å²) < 4.78 is 0. The Morgan fingerprint density at radius 3 is 2.84 bits per heavy atom. The molecule has 2 aromatic rings. The fourth-order valence-electron chi connectivity index (χ4n) is 2.75. The van der Waals surface area contributed by atoms with E-state index in [2.05, 4.69) is 20.4 Å². The van der Waals surface area contributed by atoms with Crippen molar-refractivity contribution in [3.63, 3.8) is 0 Å². The third-order valence-electron chi connectivity index (χ3n) is 4.01. The van der Waals surface area contributed by atoms with Gasteiger partial charge < -0.3 is 10.4 Å². The van der Waals surface area contributed by atoms with E-state index >= 15 is 0 Å². The highest BCUT2D eigenvalue weighted by Gasteiger charge is 2.25. The minimum Gasteiger partial charge on any atom is -0.481 e. The third-order valence-corrected chi connectivity index (χ3v) is 4.83. The van der Waals surface area contributed by atoms with Crippen LogP contribution in [0.5, 0.6) is 0 Å². The lowest BCUT2D eigenvalue weighted by Crippen LogP contribution is -2.38. The molecule has 1 aliphatic rings. The lowest BCUT2D eigenvalue weighted by atomic mass is 9.98. The van der Waals surface area contributed by atoms with Gasteiger partial charge in [-0.2, -0.15) is 0 Å². The van der Waals surface area contributed by atoms with E-state index in [4.69, 9.17) is 5.11 Å². The molecule has 0 spiro atoms. The van der Waals surface area contributed by atoms with Crippen molar-refractivity contribution in [2.24, 2.45) is 5.92 Å². The molecule has 25 heavy (non-hydrogen) atoms. The second-order valence-electron chi connectivity index (χ2n) is 5.84. The van der Waals surface area contributed by atoms with Gasteiger partial charge in [-0.05, 0) is 31.5 Å². The van der Waals surface area contributed by atoms with Crippen LogP contribution >= 0.6 is 11.3 Å². The molecule has 0 amide bonds. The number of aromatic nitrogens is 2. The van der Waals surface area contributed by atoms with Crippen LogP contribution in [0.3, 0.4) is 0 Å². The Balaban J connectivity index is 1.58. The number of nitro benzene ring substituents is 1. The highest BCUT2D eigenvalue weighted by molar-refractivity contribution is 7.15. The molecule has 2 N–H and O–H groups in total. The maximum Gasteiger partial charge on any atom is 0.307 e. The molecule has 132 valence electrons. The smallest absolute Gasteiger partial charge is 0.307 e. The number of piperidine rings is 1. The molecule has 0 bridgehead atoms. The van der Waals surface area contributed by atoms with Crippen molar-refractivity contribution < 1.29 is 14.8 Å². The van der Waals surface area contributed by atoms with E-state index in [1.54, 1.807) is 12.1 Å². The SMILES string of the molecule is O=C(O)C1CCCN(Cc2nnc(Nc3ccc([N+](=O)[O-])cc3)s2)C1. The van der Waals surface area contributed by atoms with Crippen LogP contribution in [0.2, 0.25) is 0 Å². The van der Waals surface area contributed by atoms with Crippen molar-refractivity contribution in [3.8, 4) is 0 Å². The molecule has 0 saturated carbocycles. The Morgan fingerprint density at radius 2 is 2.16 bits per heavy atom. The maximum absolute atomic E-state index is 11.1. The predicted octanol–water partition coefficient (Wildman–Crippen LogP) is 2.49. The summed E-state index contributed by atoms with van der Waals surface area (Å²) in [5.41, 5.74) is 0.721. The number of hydrogen-bond acceptors (Lipinski definition) is 8. The number of benzene rings is 1. The minimum absolute atomic E-state index is 0.0292. The number of aliphatic carboxylic acids is 1. The van der Waals surface area contributed by atoms with Gasteiger partial charge in [0.05, 0.1) is 17.4 Å². The van der Waals surface area contributed by atoms with Gasteiger partial charge >= 0.3 is 5.97 Å². The molecule has 3 rings (SSSR count). The third kappa shape index (κ3) is 4.48. The van der Waals surface area contributed by atoms with Gasteiger partial charge in [0.15, 0.2) is 0 Å². The van der Waals surface area contributed by atoms with Crippen molar-refractivity contribution in [1.29, 1.82) is 0 Å². The molecule has 1 aliphatic heterocycles. The predicted molar refractivity (Wildman–Crippen MR) is 91.9 cm³/mol. The summed E-state index contributed by atoms with van der Waals surface area (Å²) in [7, 11) is 0. The maximum atomic E-state index is 11.1. The second-order valence-corrected chi connectivity index (χ2v) is 6.90. The first kappa shape index (κ1) is 17.2. The molecule has 1 saturated heterocycles. The van der Waals surface area contributed by atoms with Crippen LogP contribution in [0.1, 0.15) is 17.8 Å². The molecule has 1 fully saturated rings. The lowest BCUT2D eigenvalue weighted by Gasteiger charge is -2.29. The number of non-ortho nitro benzene ring substituents is 1. The number of nitrogens with one attached hydrogen (secondary N) is 1. The van der Waals surface area contributed by atoms with Gasteiger partial charge in [-0.15, -0.1) is 10.2 Å². The quantitative estimate of drug-likeness (QED) is 0.593. The monoisotopic (exact) mass is 363 g/mol. The fourth-order valence-corrected chi connectivity index (χ4v) is 3.55. The zero-order chi connectivity index (χ0) is 17.8. The molecule has 0 aliphatic carbocycles. The molecular formula is C15H17N5O4S. The normalized spacial score (nSPS) is 18.0. The summed E-state index contributed by atoms with van der Waals surface area (Å²) in [5, 5.41) is 32.5. The van der Waals surface area contributed by atoms with Crippen LogP contribution in [0.4, 0.5) is 16.5 Å². The summed E-state index contributed by atoms with van der Waals surface area (Å²) in [5.74, 6) is -1.07. The van der Waals surface area contributed by atoms with Crippen molar-refractivity contribution in [2.75, 3.05) is 18.4 Å². The van der Waals surface area contributed by atoms with E-state index < -0.39 is 10.9 Å². The molecule has 1 atom stereocenters. The van der Waals surface area contributed by atoms with Crippen molar-refractivity contribution in [2.45, 2.75) is 19.4 Å². The minimum atomic E-state index is -0.748. The highest BCUT2D eigenvalue weighted by atomic mass is 32.1. The van der Waals surface area contributed by atoms with E-state index in [9.17, 15) is 14.9 Å². The molecular weight excluding hydrogens is 346 g/mol. The number of rotatable bonds is 6. The Kier molecular flexibility index (Phi) is 5.19. The largest absolute Gasteiger partial charge is 0.481 e. The van der Waals surface area contributed by atoms with Gasteiger partial charge in [-0.25, -0.2) is 0 Å².